The predicted octanol–water partition coefficient (Wildman–Crippen LogP) is 5.86. The molecule has 2 aliphatic heterocycles. The lowest BCUT2D eigenvalue weighted by Gasteiger charge is -2.37. The Morgan fingerprint density at radius 2 is 1.83 bits per heavy atom. The first-order chi connectivity index (χ1) is 14.1. The average Bonchev–Trinajstić information content (AvgIpc) is 3.20. The highest BCUT2D eigenvalue weighted by atomic mass is 79.9. The number of Topliss-reactive ketones (excluding diaryl/α,β-unsaturated/α-hetero) is 1. The number of fused-ring (bicyclic) bond motifs is 3. The van der Waals surface area contributed by atoms with E-state index < -0.39 is 6.23 Å². The molecule has 6 heteroatoms. The first-order valence-corrected chi connectivity index (χ1v) is 10.4. The molecule has 2 aliphatic rings. The zero-order valence-corrected chi connectivity index (χ0v) is 17.6. The molecular weight excluding hydrogens is 452 g/mol. The Morgan fingerprint density at radius 3 is 2.59 bits per heavy atom. The molecule has 0 saturated heterocycles. The molecule has 2 heterocycles. The molecule has 0 radical (unpaired) electrons. The topological polar surface area (TPSA) is 41.9 Å². The van der Waals surface area contributed by atoms with Crippen LogP contribution in [0.3, 0.4) is 0 Å². The van der Waals surface area contributed by atoms with Gasteiger partial charge in [-0.2, -0.15) is 5.10 Å². The van der Waals surface area contributed by atoms with E-state index in [-0.39, 0.29) is 11.8 Å². The largest absolute Gasteiger partial charge is 0.461 e. The van der Waals surface area contributed by atoms with Crippen LogP contribution >= 0.6 is 27.5 Å². The number of carbonyl (C=O) groups is 1. The maximum atomic E-state index is 13.2. The Labute approximate surface area is 181 Å². The fourth-order valence-electron chi connectivity index (χ4n) is 3.79. The molecule has 0 aliphatic carbocycles. The Bertz CT molecular complexity index is 1120. The van der Waals surface area contributed by atoms with Crippen molar-refractivity contribution in [3.8, 4) is 5.75 Å². The average molecular weight is 468 g/mol. The summed E-state index contributed by atoms with van der Waals surface area (Å²) in [5.74, 6) is 0.564. The molecule has 3 aromatic rings. The summed E-state index contributed by atoms with van der Waals surface area (Å²) in [6.45, 7) is 0. The SMILES string of the molecule is O=C(c1ccccc1)[C@@H]1Oc2ccc(Cl)cc2[C@@H]2CC(c3ccc(Br)cc3)=NN12. The number of ketones is 1. The number of rotatable bonds is 3. The maximum Gasteiger partial charge on any atom is 0.251 e. The minimum absolute atomic E-state index is 0.103. The van der Waals surface area contributed by atoms with Gasteiger partial charge in [-0.15, -0.1) is 0 Å². The van der Waals surface area contributed by atoms with Gasteiger partial charge in [-0.25, -0.2) is 5.01 Å². The molecule has 144 valence electrons. The van der Waals surface area contributed by atoms with Crippen molar-refractivity contribution in [3.63, 3.8) is 0 Å². The van der Waals surface area contributed by atoms with E-state index in [4.69, 9.17) is 21.4 Å². The monoisotopic (exact) mass is 466 g/mol. The van der Waals surface area contributed by atoms with Crippen LogP contribution in [0, 0.1) is 0 Å². The van der Waals surface area contributed by atoms with Crippen molar-refractivity contribution in [1.29, 1.82) is 0 Å². The van der Waals surface area contributed by atoms with E-state index in [0.717, 1.165) is 21.3 Å². The number of nitrogens with zero attached hydrogens (tertiary/aromatic N) is 2. The lowest BCUT2D eigenvalue weighted by Crippen LogP contribution is -2.45. The number of hydrazone groups is 1. The summed E-state index contributed by atoms with van der Waals surface area (Å²) >= 11 is 9.72. The van der Waals surface area contributed by atoms with Crippen molar-refractivity contribution in [2.45, 2.75) is 18.7 Å². The van der Waals surface area contributed by atoms with Crippen LogP contribution in [0.25, 0.3) is 0 Å². The second-order valence-corrected chi connectivity index (χ2v) is 8.39. The van der Waals surface area contributed by atoms with Gasteiger partial charge in [0.05, 0.1) is 11.8 Å². The van der Waals surface area contributed by atoms with Crippen LogP contribution in [0.5, 0.6) is 5.75 Å². The first kappa shape index (κ1) is 18.4. The minimum atomic E-state index is -0.816. The van der Waals surface area contributed by atoms with E-state index in [0.29, 0.717) is 22.8 Å². The quantitative estimate of drug-likeness (QED) is 0.453. The second-order valence-electron chi connectivity index (χ2n) is 7.04. The highest BCUT2D eigenvalue weighted by Crippen LogP contribution is 2.44. The van der Waals surface area contributed by atoms with Gasteiger partial charge in [0, 0.05) is 27.0 Å². The Hall–Kier alpha value is -2.63. The lowest BCUT2D eigenvalue weighted by molar-refractivity contribution is -0.00455. The molecular formula is C23H16BrClN2O2. The van der Waals surface area contributed by atoms with E-state index in [1.54, 1.807) is 23.2 Å². The summed E-state index contributed by atoms with van der Waals surface area (Å²) in [7, 11) is 0. The van der Waals surface area contributed by atoms with Gasteiger partial charge in [0.2, 0.25) is 5.78 Å². The first-order valence-electron chi connectivity index (χ1n) is 9.27. The van der Waals surface area contributed by atoms with Gasteiger partial charge >= 0.3 is 0 Å². The van der Waals surface area contributed by atoms with Crippen molar-refractivity contribution in [1.82, 2.24) is 5.01 Å². The highest BCUT2D eigenvalue weighted by Gasteiger charge is 2.43. The third kappa shape index (κ3) is 3.34. The van der Waals surface area contributed by atoms with Gasteiger partial charge in [0.15, 0.2) is 0 Å². The summed E-state index contributed by atoms with van der Waals surface area (Å²) in [5.41, 5.74) is 3.49. The standard InChI is InChI=1S/C23H16BrClN2O2/c24-16-8-6-14(7-9-16)19-13-20-18-12-17(25)10-11-21(18)29-23(27(20)26-19)22(28)15-4-2-1-3-5-15/h1-12,20,23H,13H2/t20-,23-/m0/s1. The molecule has 0 spiro atoms. The van der Waals surface area contributed by atoms with E-state index in [9.17, 15) is 4.79 Å². The van der Waals surface area contributed by atoms with Crippen molar-refractivity contribution in [2.75, 3.05) is 0 Å². The summed E-state index contributed by atoms with van der Waals surface area (Å²) < 4.78 is 7.13. The van der Waals surface area contributed by atoms with E-state index in [2.05, 4.69) is 15.9 Å². The van der Waals surface area contributed by atoms with Crippen LogP contribution in [0.4, 0.5) is 0 Å². The minimum Gasteiger partial charge on any atom is -0.461 e. The normalized spacial score (nSPS) is 19.8. The molecule has 0 N–H and O–H groups in total. The van der Waals surface area contributed by atoms with Crippen LogP contribution < -0.4 is 4.74 Å². The molecule has 0 bridgehead atoms. The van der Waals surface area contributed by atoms with Crippen molar-refractivity contribution >= 4 is 39.0 Å². The molecule has 29 heavy (non-hydrogen) atoms. The molecule has 0 saturated carbocycles. The zero-order valence-electron chi connectivity index (χ0n) is 15.3. The molecule has 0 fully saturated rings. The number of benzene rings is 3. The van der Waals surface area contributed by atoms with Gasteiger partial charge < -0.3 is 4.74 Å². The van der Waals surface area contributed by atoms with E-state index in [1.165, 1.54) is 0 Å². The van der Waals surface area contributed by atoms with Crippen LogP contribution in [-0.4, -0.2) is 22.7 Å². The van der Waals surface area contributed by atoms with Crippen molar-refractivity contribution in [3.05, 3.63) is 99.0 Å². The fourth-order valence-corrected chi connectivity index (χ4v) is 4.24. The van der Waals surface area contributed by atoms with Crippen LogP contribution in [0.1, 0.15) is 33.9 Å². The van der Waals surface area contributed by atoms with Crippen LogP contribution in [0.2, 0.25) is 5.02 Å². The molecule has 0 amide bonds. The third-order valence-electron chi connectivity index (χ3n) is 5.21. The summed E-state index contributed by atoms with van der Waals surface area (Å²) in [4.78, 5) is 13.2. The third-order valence-corrected chi connectivity index (χ3v) is 5.98. The van der Waals surface area contributed by atoms with Gasteiger partial charge in [0.25, 0.3) is 6.23 Å². The van der Waals surface area contributed by atoms with Gasteiger partial charge in [-0.05, 0) is 35.9 Å². The number of hydrogen-bond donors (Lipinski definition) is 0. The summed E-state index contributed by atoms with van der Waals surface area (Å²) in [6.07, 6.45) is -0.138. The molecule has 0 unspecified atom stereocenters. The zero-order chi connectivity index (χ0) is 20.0. The molecule has 5 rings (SSSR count). The molecule has 4 nitrogen and oxygen atoms in total. The number of hydrogen-bond acceptors (Lipinski definition) is 4. The fraction of sp³-hybridized carbons (Fsp3) is 0.130. The molecule has 0 aromatic heterocycles. The maximum absolute atomic E-state index is 13.2. The van der Waals surface area contributed by atoms with E-state index >= 15 is 0 Å². The van der Waals surface area contributed by atoms with Crippen molar-refractivity contribution in [2.24, 2.45) is 5.10 Å². The van der Waals surface area contributed by atoms with Crippen molar-refractivity contribution < 1.29 is 9.53 Å². The van der Waals surface area contributed by atoms with E-state index in [1.807, 2.05) is 54.6 Å². The lowest BCUT2D eigenvalue weighted by atomic mass is 9.96. The summed E-state index contributed by atoms with van der Waals surface area (Å²) in [5, 5.41) is 7.23. The van der Waals surface area contributed by atoms with Crippen LogP contribution in [-0.2, 0) is 0 Å². The smallest absolute Gasteiger partial charge is 0.251 e. The number of halogens is 2. The van der Waals surface area contributed by atoms with Gasteiger partial charge in [-0.3, -0.25) is 4.79 Å². The highest BCUT2D eigenvalue weighted by molar-refractivity contribution is 9.10. The van der Waals surface area contributed by atoms with Crippen LogP contribution in [0.15, 0.2) is 82.4 Å². The number of carbonyl (C=O) groups excluding carboxylic acids is 1. The molecule has 3 aromatic carbocycles. The Morgan fingerprint density at radius 1 is 1.07 bits per heavy atom. The van der Waals surface area contributed by atoms with Gasteiger partial charge in [-0.1, -0.05) is 70.0 Å². The Balaban J connectivity index is 1.58. The molecule has 2 atom stereocenters. The Kier molecular flexibility index (Phi) is 4.64. The number of ether oxygens (including phenoxy) is 1. The summed E-state index contributed by atoms with van der Waals surface area (Å²) in [6, 6.07) is 22.6. The van der Waals surface area contributed by atoms with Gasteiger partial charge in [0.1, 0.15) is 5.75 Å². The predicted molar refractivity (Wildman–Crippen MR) is 117 cm³/mol. The second kappa shape index (κ2) is 7.32.